The number of hydrogen-bond acceptors (Lipinski definition) is 0. The van der Waals surface area contributed by atoms with Gasteiger partial charge >= 0.3 is 7.25 Å². The third-order valence-corrected chi connectivity index (χ3v) is 4.79. The highest BCUT2D eigenvalue weighted by atomic mass is 32.2. The maximum atomic E-state index is 9.75. The second-order valence-corrected chi connectivity index (χ2v) is 8.00. The van der Waals surface area contributed by atoms with Crippen molar-refractivity contribution < 1.29 is 17.3 Å². The normalized spacial score (nSPS) is 17.8. The lowest BCUT2D eigenvalue weighted by Gasteiger charge is -2.08. The van der Waals surface area contributed by atoms with E-state index in [0.717, 1.165) is 0 Å². The molecule has 0 amide bonds. The summed E-state index contributed by atoms with van der Waals surface area (Å²) in [5, 5.41) is 0. The summed E-state index contributed by atoms with van der Waals surface area (Å²) >= 11 is 0. The van der Waals surface area contributed by atoms with Gasteiger partial charge in [-0.3, -0.25) is 0 Å². The van der Waals surface area contributed by atoms with Gasteiger partial charge in [-0.05, 0) is 0 Å². The molecule has 0 fully saturated rings. The van der Waals surface area contributed by atoms with Crippen molar-refractivity contribution in [1.29, 1.82) is 0 Å². The van der Waals surface area contributed by atoms with Crippen molar-refractivity contribution in [2.45, 2.75) is 41.5 Å². The van der Waals surface area contributed by atoms with Gasteiger partial charge in [-0.25, -0.2) is 0 Å². The third-order valence-electron chi connectivity index (χ3n) is 2.14. The smallest absolute Gasteiger partial charge is 0.418 e. The molecule has 0 aromatic carbocycles. The Morgan fingerprint density at radius 3 is 1.00 bits per heavy atom. The predicted octanol–water partition coefficient (Wildman–Crippen LogP) is 4.85. The van der Waals surface area contributed by atoms with E-state index in [2.05, 4.69) is 47.8 Å². The first kappa shape index (κ1) is 16.9. The lowest BCUT2D eigenvalue weighted by atomic mass is 9.89. The van der Waals surface area contributed by atoms with Crippen LogP contribution in [0.4, 0.5) is 17.3 Å². The minimum Gasteiger partial charge on any atom is -0.418 e. The van der Waals surface area contributed by atoms with E-state index in [1.807, 2.05) is 0 Å². The highest BCUT2D eigenvalue weighted by Crippen LogP contribution is 2.55. The van der Waals surface area contributed by atoms with Crippen LogP contribution in [0.5, 0.6) is 0 Å². The van der Waals surface area contributed by atoms with Crippen molar-refractivity contribution in [2.75, 3.05) is 6.26 Å². The summed E-state index contributed by atoms with van der Waals surface area (Å²) < 4.78 is 39.0. The molecule has 0 spiro atoms. The molecular weight excluding hydrogens is 251 g/mol. The fourth-order valence-electron chi connectivity index (χ4n) is 1.82. The minimum atomic E-state index is -6.00. The predicted molar refractivity (Wildman–Crippen MR) is 69.4 cm³/mol. The summed E-state index contributed by atoms with van der Waals surface area (Å²) in [7, 11) is -5.49. The molecule has 1 rings (SSSR count). The van der Waals surface area contributed by atoms with E-state index in [0.29, 0.717) is 21.7 Å². The maximum Gasteiger partial charge on any atom is 0.673 e. The largest absolute Gasteiger partial charge is 0.673 e. The van der Waals surface area contributed by atoms with Crippen LogP contribution in [0, 0.1) is 10.8 Å². The summed E-state index contributed by atoms with van der Waals surface area (Å²) in [5.41, 5.74) is 0.806. The zero-order chi connectivity index (χ0) is 14.2. The maximum absolute atomic E-state index is 9.75. The fourth-order valence-corrected chi connectivity index (χ4v) is 4.96. The lowest BCUT2D eigenvalue weighted by Crippen LogP contribution is -2.04. The van der Waals surface area contributed by atoms with Gasteiger partial charge in [-0.15, -0.1) is 0 Å². The molecule has 1 aliphatic heterocycles. The van der Waals surface area contributed by atoms with Gasteiger partial charge in [0.1, 0.15) is 6.26 Å². The van der Waals surface area contributed by atoms with Crippen molar-refractivity contribution >= 4 is 18.1 Å². The zero-order valence-electron chi connectivity index (χ0n) is 11.5. The molecule has 0 aliphatic carbocycles. The SMILES string of the molecule is C[S+]1C(C(C)(C)C)=C1C(C)(C)C.F[B-](F)(F)F. The van der Waals surface area contributed by atoms with E-state index in [4.69, 9.17) is 0 Å². The van der Waals surface area contributed by atoms with Gasteiger partial charge in [-0.2, -0.15) is 0 Å². The molecule has 0 aromatic heterocycles. The van der Waals surface area contributed by atoms with E-state index >= 15 is 0 Å². The van der Waals surface area contributed by atoms with Gasteiger partial charge in [0.15, 0.2) is 9.81 Å². The molecule has 0 nitrogen and oxygen atoms in total. The molecule has 6 heteroatoms. The molecule has 0 bridgehead atoms. The summed E-state index contributed by atoms with van der Waals surface area (Å²) in [6.07, 6.45) is 2.36. The standard InChI is InChI=1S/C11H21S.BF4/c1-10(2,3)8-9(12(8)7)11(4,5)6;2-1(3,4)5/h1-7H3;/q+1;-1. The number of hydrogen-bond donors (Lipinski definition) is 0. The molecule has 0 unspecified atom stereocenters. The van der Waals surface area contributed by atoms with Crippen LogP contribution in [0.25, 0.3) is 0 Å². The molecule has 1 heterocycles. The van der Waals surface area contributed by atoms with Crippen molar-refractivity contribution in [1.82, 2.24) is 0 Å². The van der Waals surface area contributed by atoms with Crippen molar-refractivity contribution in [3.8, 4) is 0 Å². The van der Waals surface area contributed by atoms with E-state index in [-0.39, 0.29) is 0 Å². The van der Waals surface area contributed by atoms with Crippen LogP contribution in [-0.2, 0) is 10.9 Å². The van der Waals surface area contributed by atoms with Gasteiger partial charge in [0.05, 0.1) is 10.9 Å². The van der Waals surface area contributed by atoms with Crippen LogP contribution in [0.1, 0.15) is 41.5 Å². The monoisotopic (exact) mass is 272 g/mol. The quantitative estimate of drug-likeness (QED) is 0.336. The molecule has 0 atom stereocenters. The average molecular weight is 272 g/mol. The van der Waals surface area contributed by atoms with Crippen molar-refractivity contribution in [3.05, 3.63) is 9.81 Å². The fraction of sp³-hybridized carbons (Fsp3) is 0.818. The summed E-state index contributed by atoms with van der Waals surface area (Å²) in [4.78, 5) is 3.44. The Balaban J connectivity index is 0.000000437. The number of allylic oxidation sites excluding steroid dienone is 2. The first-order valence-corrected chi connectivity index (χ1v) is 7.07. The Hall–Kier alpha value is -0.125. The van der Waals surface area contributed by atoms with E-state index in [1.54, 1.807) is 9.81 Å². The Kier molecular flexibility index (Phi) is 4.83. The molecule has 0 saturated carbocycles. The van der Waals surface area contributed by atoms with Crippen LogP contribution in [0.3, 0.4) is 0 Å². The minimum absolute atomic E-state index is 0.403. The molecule has 17 heavy (non-hydrogen) atoms. The van der Waals surface area contributed by atoms with Gasteiger partial charge in [0, 0.05) is 10.8 Å². The van der Waals surface area contributed by atoms with E-state index in [1.165, 1.54) is 0 Å². The highest BCUT2D eigenvalue weighted by molar-refractivity contribution is 8.10. The van der Waals surface area contributed by atoms with Gasteiger partial charge in [0.2, 0.25) is 0 Å². The summed E-state index contributed by atoms with van der Waals surface area (Å²) in [6.45, 7) is 13.9. The van der Waals surface area contributed by atoms with Crippen LogP contribution in [0.15, 0.2) is 9.81 Å². The number of rotatable bonds is 0. The highest BCUT2D eigenvalue weighted by Gasteiger charge is 2.58. The van der Waals surface area contributed by atoms with Crippen molar-refractivity contribution in [2.24, 2.45) is 10.8 Å². The Bertz CT molecular complexity index is 277. The summed E-state index contributed by atoms with van der Waals surface area (Å²) in [5.74, 6) is 0. The molecule has 0 N–H and O–H groups in total. The molecule has 0 radical (unpaired) electrons. The van der Waals surface area contributed by atoms with Gasteiger partial charge in [0.25, 0.3) is 0 Å². The van der Waals surface area contributed by atoms with E-state index in [9.17, 15) is 17.3 Å². The Labute approximate surface area is 104 Å². The third kappa shape index (κ3) is 6.39. The second-order valence-electron chi connectivity index (χ2n) is 6.16. The van der Waals surface area contributed by atoms with E-state index < -0.39 is 7.25 Å². The molecule has 1 aliphatic rings. The molecule has 102 valence electrons. The topological polar surface area (TPSA) is 0 Å². The van der Waals surface area contributed by atoms with Crippen LogP contribution >= 0.6 is 0 Å². The molecular formula is C11H21BF4S. The molecule has 0 saturated heterocycles. The first-order valence-electron chi connectivity index (χ1n) is 5.44. The van der Waals surface area contributed by atoms with Crippen LogP contribution < -0.4 is 0 Å². The zero-order valence-corrected chi connectivity index (χ0v) is 12.3. The lowest BCUT2D eigenvalue weighted by molar-refractivity contribution is 0.368. The van der Waals surface area contributed by atoms with Gasteiger partial charge < -0.3 is 17.3 Å². The Morgan fingerprint density at radius 1 is 0.765 bits per heavy atom. The van der Waals surface area contributed by atoms with Crippen molar-refractivity contribution in [3.63, 3.8) is 0 Å². The Morgan fingerprint density at radius 2 is 0.941 bits per heavy atom. The molecule has 0 aromatic rings. The summed E-state index contributed by atoms with van der Waals surface area (Å²) in [6, 6.07) is 0. The second kappa shape index (κ2) is 4.86. The first-order chi connectivity index (χ1) is 7.15. The number of halogens is 4. The van der Waals surface area contributed by atoms with Crippen LogP contribution in [-0.4, -0.2) is 13.5 Å². The van der Waals surface area contributed by atoms with Gasteiger partial charge in [-0.1, -0.05) is 41.5 Å². The van der Waals surface area contributed by atoms with Crippen LogP contribution in [0.2, 0.25) is 0 Å². The average Bonchev–Trinajstić information content (AvgIpc) is 2.53.